The van der Waals surface area contributed by atoms with Crippen LogP contribution < -0.4 is 21.0 Å². The largest absolute Gasteiger partial charge is 0.488 e. The Morgan fingerprint density at radius 3 is 2.21 bits per heavy atom. The van der Waals surface area contributed by atoms with Gasteiger partial charge in [-0.05, 0) is 49.3 Å². The van der Waals surface area contributed by atoms with Crippen LogP contribution in [0.3, 0.4) is 0 Å². The first-order valence-electron chi connectivity index (χ1n) is 10.7. The summed E-state index contributed by atoms with van der Waals surface area (Å²) in [7, 11) is -0.0474. The van der Waals surface area contributed by atoms with Crippen LogP contribution in [0.1, 0.15) is 51.5 Å². The van der Waals surface area contributed by atoms with Crippen molar-refractivity contribution in [3.8, 4) is 0 Å². The van der Waals surface area contributed by atoms with Crippen molar-refractivity contribution in [3.05, 3.63) is 23.8 Å². The second kappa shape index (κ2) is 15.6. The highest BCUT2D eigenvalue weighted by Crippen LogP contribution is 2.16. The fourth-order valence-electron chi connectivity index (χ4n) is 2.84. The molecule has 0 saturated heterocycles. The van der Waals surface area contributed by atoms with Crippen molar-refractivity contribution >= 4 is 42.1 Å². The first-order chi connectivity index (χ1) is 15.5. The molecule has 6 N–H and O–H groups in total. The van der Waals surface area contributed by atoms with Crippen LogP contribution in [0.5, 0.6) is 0 Å². The Morgan fingerprint density at radius 2 is 1.70 bits per heavy atom. The van der Waals surface area contributed by atoms with Crippen LogP contribution in [0, 0.1) is 6.92 Å². The predicted octanol–water partition coefficient (Wildman–Crippen LogP) is 0.451. The van der Waals surface area contributed by atoms with Gasteiger partial charge in [-0.2, -0.15) is 0 Å². The Morgan fingerprint density at radius 1 is 1.06 bits per heavy atom. The summed E-state index contributed by atoms with van der Waals surface area (Å²) in [5, 5.41) is 41.0. The molecule has 0 heterocycles. The maximum absolute atomic E-state index is 12.4. The number of anilines is 1. The van der Waals surface area contributed by atoms with E-state index in [1.165, 1.54) is 11.0 Å². The molecule has 1 unspecified atom stereocenters. The third-order valence-electron chi connectivity index (χ3n) is 4.63. The summed E-state index contributed by atoms with van der Waals surface area (Å²) < 4.78 is 0. The monoisotopic (exact) mass is 467 g/mol. The Hall–Kier alpha value is -3.12. The second-order valence-corrected chi connectivity index (χ2v) is 7.05. The maximum Gasteiger partial charge on any atom is 0.488 e. The van der Waals surface area contributed by atoms with Gasteiger partial charge in [0.15, 0.2) is 0 Å². The number of carbonyl (C=O) groups excluding carboxylic acids is 2. The van der Waals surface area contributed by atoms with Crippen molar-refractivity contribution in [2.24, 2.45) is 0 Å². The van der Waals surface area contributed by atoms with Gasteiger partial charge in [-0.3, -0.25) is 9.59 Å². The van der Waals surface area contributed by atoms with E-state index in [-0.39, 0.29) is 44.6 Å². The summed E-state index contributed by atoms with van der Waals surface area (Å²) in [6, 6.07) is 2.82. The van der Waals surface area contributed by atoms with Crippen LogP contribution >= 0.6 is 0 Å². The highest BCUT2D eigenvalue weighted by Gasteiger charge is 2.21. The minimum atomic E-state index is -1.61. The molecule has 1 aromatic carbocycles. The molecule has 0 aliphatic heterocycles. The first-order valence-corrected chi connectivity index (χ1v) is 10.7. The smallest absolute Gasteiger partial charge is 0.481 e. The number of carboxylic acids is 2. The number of rotatable bonds is 12. The lowest BCUT2D eigenvalue weighted by Gasteiger charge is -2.20. The molecule has 1 rings (SSSR count). The number of hydrogen-bond acceptors (Lipinski definition) is 6. The van der Waals surface area contributed by atoms with Crippen LogP contribution in [0.4, 0.5) is 10.5 Å². The van der Waals surface area contributed by atoms with Crippen LogP contribution in [-0.2, 0) is 14.4 Å². The standard InChI is InChI=1S/C19H28BN3O8.C2H6/c1-12-11-13(8-9-14(12)20(30)31)23(2)16(24)6-3-5-15(18(27)28)22-19(29)21-10-4-7-17(25)26;1-2/h8-9,11,15,30-31H,3-7,10H2,1-2H3,(H,25,26)(H,27,28)(H2,21,22,29);1-2H3. The molecule has 3 amide bonds. The lowest BCUT2D eigenvalue weighted by atomic mass is 9.77. The van der Waals surface area contributed by atoms with Crippen molar-refractivity contribution in [2.45, 2.75) is 58.9 Å². The van der Waals surface area contributed by atoms with Crippen LogP contribution in [0.25, 0.3) is 0 Å². The highest BCUT2D eigenvalue weighted by molar-refractivity contribution is 6.59. The van der Waals surface area contributed by atoms with Gasteiger partial charge in [0.1, 0.15) is 6.04 Å². The van der Waals surface area contributed by atoms with Gasteiger partial charge in [-0.1, -0.05) is 19.9 Å². The minimum Gasteiger partial charge on any atom is -0.481 e. The van der Waals surface area contributed by atoms with Gasteiger partial charge in [0.05, 0.1) is 0 Å². The van der Waals surface area contributed by atoms with E-state index in [1.807, 2.05) is 13.8 Å². The number of carbonyl (C=O) groups is 4. The van der Waals surface area contributed by atoms with E-state index in [0.29, 0.717) is 16.7 Å². The number of hydrogen-bond donors (Lipinski definition) is 6. The number of nitrogens with one attached hydrogen (secondary N) is 2. The van der Waals surface area contributed by atoms with Crippen LogP contribution in [0.15, 0.2) is 18.2 Å². The zero-order valence-electron chi connectivity index (χ0n) is 19.5. The quantitative estimate of drug-likeness (QED) is 0.190. The van der Waals surface area contributed by atoms with Gasteiger partial charge < -0.3 is 35.8 Å². The van der Waals surface area contributed by atoms with Gasteiger partial charge in [-0.15, -0.1) is 0 Å². The van der Waals surface area contributed by atoms with E-state index in [0.717, 1.165) is 0 Å². The highest BCUT2D eigenvalue weighted by atomic mass is 16.4. The van der Waals surface area contributed by atoms with Crippen molar-refractivity contribution in [3.63, 3.8) is 0 Å². The first kappa shape index (κ1) is 29.9. The number of nitrogens with zero attached hydrogens (tertiary/aromatic N) is 1. The molecule has 1 aromatic rings. The van der Waals surface area contributed by atoms with E-state index < -0.39 is 31.1 Å². The molecule has 1 atom stereocenters. The van der Waals surface area contributed by atoms with Gasteiger partial charge in [0, 0.05) is 32.1 Å². The number of aliphatic carboxylic acids is 2. The Balaban J connectivity index is 0.00000497. The number of amides is 3. The molecule has 0 spiro atoms. The van der Waals surface area contributed by atoms with E-state index >= 15 is 0 Å². The Kier molecular flexibility index (Phi) is 14.2. The van der Waals surface area contributed by atoms with E-state index in [4.69, 9.17) is 5.11 Å². The molecule has 0 radical (unpaired) electrons. The van der Waals surface area contributed by atoms with Crippen molar-refractivity contribution in [1.29, 1.82) is 0 Å². The molecule has 0 bridgehead atoms. The topological polar surface area (TPSA) is 176 Å². The predicted molar refractivity (Wildman–Crippen MR) is 124 cm³/mol. The van der Waals surface area contributed by atoms with Crippen molar-refractivity contribution < 1.29 is 39.4 Å². The molecule has 0 aromatic heterocycles. The van der Waals surface area contributed by atoms with Gasteiger partial charge in [0.25, 0.3) is 0 Å². The molecule has 11 nitrogen and oxygen atoms in total. The van der Waals surface area contributed by atoms with Gasteiger partial charge in [-0.25, -0.2) is 9.59 Å². The van der Waals surface area contributed by atoms with Crippen molar-refractivity contribution in [2.75, 3.05) is 18.5 Å². The third-order valence-corrected chi connectivity index (χ3v) is 4.63. The molecular weight excluding hydrogens is 433 g/mol. The van der Waals surface area contributed by atoms with Gasteiger partial charge in [0.2, 0.25) is 5.91 Å². The average molecular weight is 467 g/mol. The molecule has 33 heavy (non-hydrogen) atoms. The average Bonchev–Trinajstić information content (AvgIpc) is 2.76. The summed E-state index contributed by atoms with van der Waals surface area (Å²) in [4.78, 5) is 47.3. The summed E-state index contributed by atoms with van der Waals surface area (Å²) >= 11 is 0. The number of carboxylic acid groups (broad SMARTS) is 2. The summed E-state index contributed by atoms with van der Waals surface area (Å²) in [5.41, 5.74) is 1.50. The van der Waals surface area contributed by atoms with Crippen molar-refractivity contribution in [1.82, 2.24) is 10.6 Å². The number of urea groups is 1. The Bertz CT molecular complexity index is 804. The molecule has 0 aliphatic carbocycles. The summed E-state index contributed by atoms with van der Waals surface area (Å²) in [5.74, 6) is -2.49. The fraction of sp³-hybridized carbons (Fsp3) is 0.524. The SMILES string of the molecule is CC.Cc1cc(N(C)C(=O)CCCC(NC(=O)NCCCC(=O)O)C(=O)O)ccc1B(O)O. The maximum atomic E-state index is 12.4. The van der Waals surface area contributed by atoms with E-state index in [2.05, 4.69) is 10.6 Å². The summed E-state index contributed by atoms with van der Waals surface area (Å²) in [6.07, 6.45) is 0.406. The number of aryl methyl sites for hydroxylation is 1. The molecule has 12 heteroatoms. The summed E-state index contributed by atoms with van der Waals surface area (Å²) in [6.45, 7) is 5.78. The van der Waals surface area contributed by atoms with Gasteiger partial charge >= 0.3 is 25.1 Å². The second-order valence-electron chi connectivity index (χ2n) is 7.05. The molecule has 184 valence electrons. The lowest BCUT2D eigenvalue weighted by Crippen LogP contribution is -2.46. The van der Waals surface area contributed by atoms with Crippen LogP contribution in [-0.4, -0.2) is 70.9 Å². The lowest BCUT2D eigenvalue weighted by molar-refractivity contribution is -0.139. The zero-order valence-corrected chi connectivity index (χ0v) is 19.5. The van der Waals surface area contributed by atoms with E-state index in [9.17, 15) is 34.3 Å². The molecule has 0 fully saturated rings. The van der Waals surface area contributed by atoms with E-state index in [1.54, 1.807) is 26.1 Å². The van der Waals surface area contributed by atoms with Crippen LogP contribution in [0.2, 0.25) is 0 Å². The minimum absolute atomic E-state index is 0.0339. The number of benzene rings is 1. The molecule has 0 saturated carbocycles. The zero-order chi connectivity index (χ0) is 25.6. The fourth-order valence-corrected chi connectivity index (χ4v) is 2.84. The molecular formula is C21H34BN3O8. The third kappa shape index (κ3) is 11.4. The normalized spacial score (nSPS) is 10.8. The Labute approximate surface area is 193 Å². The molecule has 0 aliphatic rings.